The lowest BCUT2D eigenvalue weighted by atomic mass is 10.0. The second kappa shape index (κ2) is 8.72. The maximum Gasteiger partial charge on any atom is 0.327 e. The molecule has 0 saturated heterocycles. The summed E-state index contributed by atoms with van der Waals surface area (Å²) < 4.78 is 10.2. The van der Waals surface area contributed by atoms with Gasteiger partial charge in [-0.1, -0.05) is 31.2 Å². The fraction of sp³-hybridized carbons (Fsp3) is 0.562. The molecule has 0 saturated carbocycles. The van der Waals surface area contributed by atoms with Gasteiger partial charge in [0.2, 0.25) is 0 Å². The van der Waals surface area contributed by atoms with Gasteiger partial charge in [-0.05, 0) is 31.4 Å². The van der Waals surface area contributed by atoms with Gasteiger partial charge >= 0.3 is 5.97 Å². The van der Waals surface area contributed by atoms with Crippen molar-refractivity contribution in [2.24, 2.45) is 0 Å². The molecule has 4 nitrogen and oxygen atoms in total. The van der Waals surface area contributed by atoms with E-state index in [0.29, 0.717) is 13.2 Å². The van der Waals surface area contributed by atoms with Crippen molar-refractivity contribution in [2.45, 2.75) is 45.9 Å². The normalized spacial score (nSPS) is 13.8. The lowest BCUT2D eigenvalue weighted by Crippen LogP contribution is -2.36. The summed E-state index contributed by atoms with van der Waals surface area (Å²) >= 11 is 0. The molecule has 0 heterocycles. The molecule has 0 aromatic heterocycles. The minimum absolute atomic E-state index is 0.229. The van der Waals surface area contributed by atoms with Crippen LogP contribution in [0.1, 0.15) is 44.4 Å². The average Bonchev–Trinajstić information content (AvgIpc) is 2.46. The van der Waals surface area contributed by atoms with E-state index in [2.05, 4.69) is 19.2 Å². The molecule has 20 heavy (non-hydrogen) atoms. The van der Waals surface area contributed by atoms with Gasteiger partial charge < -0.3 is 9.47 Å². The van der Waals surface area contributed by atoms with Crippen LogP contribution in [0.15, 0.2) is 24.3 Å². The van der Waals surface area contributed by atoms with Crippen molar-refractivity contribution in [1.29, 1.82) is 0 Å². The van der Waals surface area contributed by atoms with Crippen molar-refractivity contribution >= 4 is 5.97 Å². The zero-order chi connectivity index (χ0) is 15.0. The fourth-order valence-corrected chi connectivity index (χ4v) is 1.90. The highest BCUT2D eigenvalue weighted by molar-refractivity contribution is 5.77. The highest BCUT2D eigenvalue weighted by Gasteiger charge is 2.23. The highest BCUT2D eigenvalue weighted by Crippen LogP contribution is 2.17. The smallest absolute Gasteiger partial charge is 0.327 e. The van der Waals surface area contributed by atoms with Crippen molar-refractivity contribution < 1.29 is 14.3 Å². The van der Waals surface area contributed by atoms with Gasteiger partial charge in [0.05, 0.1) is 13.2 Å². The minimum Gasteiger partial charge on any atom is -0.465 e. The number of carbonyl (C=O) groups is 1. The van der Waals surface area contributed by atoms with Crippen LogP contribution in [0, 0.1) is 0 Å². The Morgan fingerprint density at radius 2 is 1.90 bits per heavy atom. The van der Waals surface area contributed by atoms with Crippen LogP contribution in [0.2, 0.25) is 0 Å². The predicted octanol–water partition coefficient (Wildman–Crippen LogP) is 2.83. The molecule has 0 aliphatic heterocycles. The molecule has 2 atom stereocenters. The molecule has 4 heteroatoms. The van der Waals surface area contributed by atoms with Gasteiger partial charge in [0.25, 0.3) is 0 Å². The molecular weight excluding hydrogens is 254 g/mol. The number of hydrogen-bond donors (Lipinski definition) is 1. The van der Waals surface area contributed by atoms with Gasteiger partial charge in [0.1, 0.15) is 6.04 Å². The molecule has 0 spiro atoms. The molecule has 1 aromatic rings. The summed E-state index contributed by atoms with van der Waals surface area (Å²) in [5, 5.41) is 3.31. The van der Waals surface area contributed by atoms with Crippen molar-refractivity contribution in [3.8, 4) is 0 Å². The predicted molar refractivity (Wildman–Crippen MR) is 79.4 cm³/mol. The van der Waals surface area contributed by atoms with Crippen LogP contribution < -0.4 is 5.32 Å². The van der Waals surface area contributed by atoms with Crippen molar-refractivity contribution in [3.63, 3.8) is 0 Å². The van der Waals surface area contributed by atoms with E-state index < -0.39 is 6.04 Å². The number of hydrogen-bond acceptors (Lipinski definition) is 4. The van der Waals surface area contributed by atoms with E-state index in [0.717, 1.165) is 17.5 Å². The summed E-state index contributed by atoms with van der Waals surface area (Å²) in [5.74, 6) is -0.229. The second-order valence-corrected chi connectivity index (χ2v) is 4.84. The Bertz CT molecular complexity index is 403. The number of esters is 1. The number of benzene rings is 1. The number of nitrogens with one attached hydrogen (secondary N) is 1. The average molecular weight is 279 g/mol. The Balaban J connectivity index is 2.88. The van der Waals surface area contributed by atoms with Crippen LogP contribution in [-0.4, -0.2) is 25.7 Å². The summed E-state index contributed by atoms with van der Waals surface area (Å²) in [7, 11) is 1.67. The summed E-state index contributed by atoms with van der Waals surface area (Å²) in [5.41, 5.74) is 2.01. The van der Waals surface area contributed by atoms with Gasteiger partial charge in [-0.25, -0.2) is 4.79 Å². The third-order valence-corrected chi connectivity index (χ3v) is 3.21. The zero-order valence-corrected chi connectivity index (χ0v) is 12.8. The number of carbonyl (C=O) groups excluding carboxylic acids is 1. The maximum absolute atomic E-state index is 12.1. The quantitative estimate of drug-likeness (QED) is 0.743. The molecule has 2 unspecified atom stereocenters. The van der Waals surface area contributed by atoms with Crippen LogP contribution in [-0.2, 0) is 20.9 Å². The fourth-order valence-electron chi connectivity index (χ4n) is 1.90. The Morgan fingerprint density at radius 1 is 1.25 bits per heavy atom. The Morgan fingerprint density at radius 3 is 2.40 bits per heavy atom. The number of methoxy groups -OCH3 is 1. The number of ether oxygens (including phenoxy) is 2. The first-order valence-corrected chi connectivity index (χ1v) is 7.12. The summed E-state index contributed by atoms with van der Waals surface area (Å²) in [6.45, 7) is 6.93. The molecule has 1 N–H and O–H groups in total. The molecule has 0 bridgehead atoms. The highest BCUT2D eigenvalue weighted by atomic mass is 16.5. The first kappa shape index (κ1) is 16.7. The van der Waals surface area contributed by atoms with E-state index in [4.69, 9.17) is 9.47 Å². The second-order valence-electron chi connectivity index (χ2n) is 4.84. The molecule has 0 radical (unpaired) electrons. The van der Waals surface area contributed by atoms with Crippen molar-refractivity contribution in [2.75, 3.05) is 13.7 Å². The van der Waals surface area contributed by atoms with E-state index in [1.54, 1.807) is 7.11 Å². The summed E-state index contributed by atoms with van der Waals surface area (Å²) in [6, 6.07) is 7.69. The minimum atomic E-state index is -0.415. The van der Waals surface area contributed by atoms with Crippen LogP contribution >= 0.6 is 0 Å². The largest absolute Gasteiger partial charge is 0.465 e. The maximum atomic E-state index is 12.1. The van der Waals surface area contributed by atoms with Gasteiger partial charge in [0.15, 0.2) is 0 Å². The molecule has 1 aromatic carbocycles. The van der Waals surface area contributed by atoms with Gasteiger partial charge in [-0.15, -0.1) is 0 Å². The standard InChI is InChI=1S/C16H25NO3/c1-5-12(3)17-15(16(18)20-6-2)14-9-7-13(8-10-14)11-19-4/h7-10,12,15,17H,5-6,11H2,1-4H3. The van der Waals surface area contributed by atoms with Crippen molar-refractivity contribution in [1.82, 2.24) is 5.32 Å². The van der Waals surface area contributed by atoms with Gasteiger partial charge in [-0.2, -0.15) is 0 Å². The molecule has 0 aliphatic rings. The van der Waals surface area contributed by atoms with Crippen LogP contribution in [0.25, 0.3) is 0 Å². The van der Waals surface area contributed by atoms with E-state index in [-0.39, 0.29) is 12.0 Å². The van der Waals surface area contributed by atoms with Crippen LogP contribution in [0.3, 0.4) is 0 Å². The Labute approximate surface area is 121 Å². The van der Waals surface area contributed by atoms with Crippen LogP contribution in [0.5, 0.6) is 0 Å². The Kier molecular flexibility index (Phi) is 7.26. The lowest BCUT2D eigenvalue weighted by molar-refractivity contribution is -0.146. The number of rotatable bonds is 8. The molecule has 0 fully saturated rings. The Hall–Kier alpha value is -1.39. The van der Waals surface area contributed by atoms with Gasteiger partial charge in [0, 0.05) is 13.2 Å². The SMILES string of the molecule is CCOC(=O)C(NC(C)CC)c1ccc(COC)cc1. The van der Waals surface area contributed by atoms with E-state index >= 15 is 0 Å². The monoisotopic (exact) mass is 279 g/mol. The topological polar surface area (TPSA) is 47.6 Å². The third kappa shape index (κ3) is 4.94. The first-order chi connectivity index (χ1) is 9.62. The molecule has 0 amide bonds. The van der Waals surface area contributed by atoms with E-state index in [9.17, 15) is 4.79 Å². The third-order valence-electron chi connectivity index (χ3n) is 3.21. The zero-order valence-electron chi connectivity index (χ0n) is 12.8. The molecule has 0 aliphatic carbocycles. The summed E-state index contributed by atoms with van der Waals surface area (Å²) in [6.07, 6.45) is 0.956. The van der Waals surface area contributed by atoms with Gasteiger partial charge in [-0.3, -0.25) is 5.32 Å². The summed E-state index contributed by atoms with van der Waals surface area (Å²) in [4.78, 5) is 12.1. The van der Waals surface area contributed by atoms with Crippen LogP contribution in [0.4, 0.5) is 0 Å². The van der Waals surface area contributed by atoms with E-state index in [1.165, 1.54) is 0 Å². The van der Waals surface area contributed by atoms with Crippen molar-refractivity contribution in [3.05, 3.63) is 35.4 Å². The first-order valence-electron chi connectivity index (χ1n) is 7.12. The molecule has 1 rings (SSSR count). The lowest BCUT2D eigenvalue weighted by Gasteiger charge is -2.21. The van der Waals surface area contributed by atoms with E-state index in [1.807, 2.05) is 31.2 Å². The molecule has 112 valence electrons. The molecular formula is C16H25NO3.